The molecular weight excluding hydrogens is 312 g/mol. The van der Waals surface area contributed by atoms with Crippen molar-refractivity contribution in [1.29, 1.82) is 0 Å². The van der Waals surface area contributed by atoms with Crippen molar-refractivity contribution in [1.82, 2.24) is 4.90 Å². The SMILES string of the molecule is CCC1CN(Cc2cc(Cl)ccc2Br)CCC1N. The van der Waals surface area contributed by atoms with Crippen LogP contribution in [0.3, 0.4) is 0 Å². The number of nitrogens with two attached hydrogens (primary N) is 1. The van der Waals surface area contributed by atoms with Gasteiger partial charge in [-0.3, -0.25) is 4.90 Å². The molecule has 0 radical (unpaired) electrons. The number of piperidine rings is 1. The molecule has 2 atom stereocenters. The highest BCUT2D eigenvalue weighted by atomic mass is 79.9. The van der Waals surface area contributed by atoms with Gasteiger partial charge in [-0.05, 0) is 42.6 Å². The Hall–Kier alpha value is -0.0900. The smallest absolute Gasteiger partial charge is 0.0410 e. The topological polar surface area (TPSA) is 29.3 Å². The molecule has 2 nitrogen and oxygen atoms in total. The second-order valence-electron chi connectivity index (χ2n) is 5.09. The molecule has 0 spiro atoms. The number of hydrogen-bond donors (Lipinski definition) is 1. The van der Waals surface area contributed by atoms with Crippen LogP contribution in [0.4, 0.5) is 0 Å². The maximum atomic E-state index is 6.14. The minimum Gasteiger partial charge on any atom is -0.327 e. The Bertz CT molecular complexity index is 411. The van der Waals surface area contributed by atoms with Gasteiger partial charge in [-0.25, -0.2) is 0 Å². The highest BCUT2D eigenvalue weighted by Crippen LogP contribution is 2.25. The Morgan fingerprint density at radius 1 is 1.50 bits per heavy atom. The Morgan fingerprint density at radius 3 is 3.00 bits per heavy atom. The number of nitrogens with zero attached hydrogens (tertiary/aromatic N) is 1. The summed E-state index contributed by atoms with van der Waals surface area (Å²) < 4.78 is 1.13. The summed E-state index contributed by atoms with van der Waals surface area (Å²) in [5, 5.41) is 0.800. The summed E-state index contributed by atoms with van der Waals surface area (Å²) in [4.78, 5) is 2.48. The highest BCUT2D eigenvalue weighted by Gasteiger charge is 2.25. The van der Waals surface area contributed by atoms with Crippen LogP contribution in [0.15, 0.2) is 22.7 Å². The average molecular weight is 332 g/mol. The maximum Gasteiger partial charge on any atom is 0.0410 e. The van der Waals surface area contributed by atoms with Gasteiger partial charge in [-0.15, -0.1) is 0 Å². The summed E-state index contributed by atoms with van der Waals surface area (Å²) in [6.07, 6.45) is 2.26. The molecule has 1 saturated heterocycles. The van der Waals surface area contributed by atoms with Crippen LogP contribution in [0.25, 0.3) is 0 Å². The molecule has 0 bridgehead atoms. The summed E-state index contributed by atoms with van der Waals surface area (Å²) >= 11 is 9.65. The third kappa shape index (κ3) is 3.47. The van der Waals surface area contributed by atoms with Crippen LogP contribution in [0.2, 0.25) is 5.02 Å². The van der Waals surface area contributed by atoms with E-state index in [0.29, 0.717) is 12.0 Å². The van der Waals surface area contributed by atoms with Crippen molar-refractivity contribution in [2.24, 2.45) is 11.7 Å². The number of hydrogen-bond acceptors (Lipinski definition) is 2. The molecule has 0 aromatic heterocycles. The minimum absolute atomic E-state index is 0.369. The largest absolute Gasteiger partial charge is 0.327 e. The standard InChI is InChI=1S/C14H20BrClN2/c1-2-10-8-18(6-5-14(10)17)9-11-7-12(16)3-4-13(11)15/h3-4,7,10,14H,2,5-6,8-9,17H2,1H3. The van der Waals surface area contributed by atoms with Crippen LogP contribution < -0.4 is 5.73 Å². The molecule has 0 amide bonds. The van der Waals surface area contributed by atoms with Crippen molar-refractivity contribution < 1.29 is 0 Å². The Morgan fingerprint density at radius 2 is 2.28 bits per heavy atom. The molecule has 1 fully saturated rings. The van der Waals surface area contributed by atoms with E-state index in [1.54, 1.807) is 0 Å². The fraction of sp³-hybridized carbons (Fsp3) is 0.571. The molecule has 1 aliphatic rings. The number of halogens is 2. The van der Waals surface area contributed by atoms with Crippen LogP contribution in [0.1, 0.15) is 25.3 Å². The lowest BCUT2D eigenvalue weighted by Gasteiger charge is -2.36. The molecule has 2 rings (SSSR count). The molecule has 2 N–H and O–H groups in total. The van der Waals surface area contributed by atoms with Crippen molar-refractivity contribution in [3.05, 3.63) is 33.3 Å². The van der Waals surface area contributed by atoms with Gasteiger partial charge >= 0.3 is 0 Å². The molecule has 4 heteroatoms. The van der Waals surface area contributed by atoms with Gasteiger partial charge in [0.25, 0.3) is 0 Å². The van der Waals surface area contributed by atoms with Crippen LogP contribution in [0, 0.1) is 5.92 Å². The van der Waals surface area contributed by atoms with E-state index < -0.39 is 0 Å². The quantitative estimate of drug-likeness (QED) is 0.916. The summed E-state index contributed by atoms with van der Waals surface area (Å²) in [6.45, 7) is 5.35. The maximum absolute atomic E-state index is 6.14. The van der Waals surface area contributed by atoms with Gasteiger partial charge in [0.1, 0.15) is 0 Å². The number of likely N-dealkylation sites (tertiary alicyclic amines) is 1. The molecular formula is C14H20BrClN2. The summed E-state index contributed by atoms with van der Waals surface area (Å²) in [6, 6.07) is 6.34. The molecule has 2 unspecified atom stereocenters. The van der Waals surface area contributed by atoms with Gasteiger partial charge in [0, 0.05) is 28.6 Å². The van der Waals surface area contributed by atoms with E-state index in [0.717, 1.165) is 42.0 Å². The van der Waals surface area contributed by atoms with Crippen LogP contribution in [-0.2, 0) is 6.54 Å². The van der Waals surface area contributed by atoms with Crippen molar-refractivity contribution in [2.75, 3.05) is 13.1 Å². The number of rotatable bonds is 3. The fourth-order valence-corrected chi connectivity index (χ4v) is 3.17. The van der Waals surface area contributed by atoms with Gasteiger partial charge < -0.3 is 5.73 Å². The molecule has 0 saturated carbocycles. The second kappa shape index (κ2) is 6.38. The Kier molecular flexibility index (Phi) is 5.07. The lowest BCUT2D eigenvalue weighted by Crippen LogP contribution is -2.46. The monoisotopic (exact) mass is 330 g/mol. The fourth-order valence-electron chi connectivity index (χ4n) is 2.61. The molecule has 1 aromatic carbocycles. The lowest BCUT2D eigenvalue weighted by atomic mass is 9.90. The van der Waals surface area contributed by atoms with Crippen molar-refractivity contribution >= 4 is 27.5 Å². The summed E-state index contributed by atoms with van der Waals surface area (Å²) in [5.41, 5.74) is 7.40. The molecule has 1 heterocycles. The van der Waals surface area contributed by atoms with Crippen LogP contribution in [0.5, 0.6) is 0 Å². The number of benzene rings is 1. The summed E-state index contributed by atoms with van der Waals surface area (Å²) in [7, 11) is 0. The average Bonchev–Trinajstić information content (AvgIpc) is 2.36. The zero-order valence-electron chi connectivity index (χ0n) is 10.7. The second-order valence-corrected chi connectivity index (χ2v) is 6.38. The van der Waals surface area contributed by atoms with E-state index in [2.05, 4.69) is 27.8 Å². The van der Waals surface area contributed by atoms with Crippen LogP contribution >= 0.6 is 27.5 Å². The van der Waals surface area contributed by atoms with Gasteiger partial charge in [0.2, 0.25) is 0 Å². The minimum atomic E-state index is 0.369. The first kappa shape index (κ1) is 14.3. The highest BCUT2D eigenvalue weighted by molar-refractivity contribution is 9.10. The van der Waals surface area contributed by atoms with E-state index in [4.69, 9.17) is 17.3 Å². The van der Waals surface area contributed by atoms with Crippen molar-refractivity contribution in [2.45, 2.75) is 32.4 Å². The van der Waals surface area contributed by atoms with Gasteiger partial charge in [0.15, 0.2) is 0 Å². The van der Waals surface area contributed by atoms with Gasteiger partial charge in [0.05, 0.1) is 0 Å². The predicted molar refractivity (Wildman–Crippen MR) is 80.8 cm³/mol. The zero-order valence-corrected chi connectivity index (χ0v) is 13.0. The van der Waals surface area contributed by atoms with E-state index in [-0.39, 0.29) is 0 Å². The third-order valence-corrected chi connectivity index (χ3v) is 4.81. The van der Waals surface area contributed by atoms with E-state index >= 15 is 0 Å². The van der Waals surface area contributed by atoms with Crippen molar-refractivity contribution in [3.63, 3.8) is 0 Å². The first-order valence-electron chi connectivity index (χ1n) is 6.52. The molecule has 1 aliphatic heterocycles. The Labute approximate surface area is 123 Å². The lowest BCUT2D eigenvalue weighted by molar-refractivity contribution is 0.145. The Balaban J connectivity index is 2.03. The first-order chi connectivity index (χ1) is 8.60. The predicted octanol–water partition coefficient (Wildman–Crippen LogP) is 3.66. The molecule has 18 heavy (non-hydrogen) atoms. The van der Waals surface area contributed by atoms with Crippen LogP contribution in [-0.4, -0.2) is 24.0 Å². The first-order valence-corrected chi connectivity index (χ1v) is 7.69. The van der Waals surface area contributed by atoms with E-state index in [1.807, 2.05) is 18.2 Å². The summed E-state index contributed by atoms with van der Waals surface area (Å²) in [5.74, 6) is 0.622. The molecule has 100 valence electrons. The van der Waals surface area contributed by atoms with Crippen molar-refractivity contribution in [3.8, 4) is 0 Å². The van der Waals surface area contributed by atoms with E-state index in [9.17, 15) is 0 Å². The normalized spacial score (nSPS) is 25.3. The molecule has 1 aromatic rings. The van der Waals surface area contributed by atoms with Gasteiger partial charge in [-0.2, -0.15) is 0 Å². The van der Waals surface area contributed by atoms with Gasteiger partial charge in [-0.1, -0.05) is 40.9 Å². The van der Waals surface area contributed by atoms with E-state index in [1.165, 1.54) is 5.56 Å². The zero-order chi connectivity index (χ0) is 13.1. The third-order valence-electron chi connectivity index (χ3n) is 3.80. The molecule has 0 aliphatic carbocycles.